The molecule has 136 valence electrons. The Kier molecular flexibility index (Phi) is 5.10. The zero-order chi connectivity index (χ0) is 18.7. The van der Waals surface area contributed by atoms with E-state index in [0.29, 0.717) is 22.8 Å². The van der Waals surface area contributed by atoms with Crippen LogP contribution in [0.25, 0.3) is 11.3 Å². The molecule has 0 saturated carbocycles. The van der Waals surface area contributed by atoms with Crippen LogP contribution < -0.4 is 14.2 Å². The maximum absolute atomic E-state index is 13.3. The maximum Gasteiger partial charge on any atom is 0.263 e. The summed E-state index contributed by atoms with van der Waals surface area (Å²) in [5.74, 6) is 0.570. The van der Waals surface area contributed by atoms with E-state index in [9.17, 15) is 12.8 Å². The molecular formula is C17H15FN2O4S2. The number of nitrogens with zero attached hydrogens (tertiary/aromatic N) is 1. The van der Waals surface area contributed by atoms with E-state index in [1.807, 2.05) is 0 Å². The van der Waals surface area contributed by atoms with Gasteiger partial charge in [-0.2, -0.15) is 0 Å². The minimum atomic E-state index is -3.93. The molecule has 0 radical (unpaired) electrons. The van der Waals surface area contributed by atoms with E-state index in [2.05, 4.69) is 9.71 Å². The second kappa shape index (κ2) is 7.30. The summed E-state index contributed by atoms with van der Waals surface area (Å²) < 4.78 is 50.9. The number of aromatic nitrogens is 1. The number of hydrogen-bond donors (Lipinski definition) is 1. The fraction of sp³-hybridized carbons (Fsp3) is 0.118. The predicted molar refractivity (Wildman–Crippen MR) is 97.9 cm³/mol. The van der Waals surface area contributed by atoms with E-state index in [1.165, 1.54) is 25.3 Å². The SMILES string of the molecule is COc1ccc(OC)c(-c2csc(NS(=O)(=O)c3cccc(F)c3)n2)c1. The molecule has 3 aromatic rings. The van der Waals surface area contributed by atoms with Gasteiger partial charge in [0.15, 0.2) is 5.13 Å². The topological polar surface area (TPSA) is 77.5 Å². The lowest BCUT2D eigenvalue weighted by molar-refractivity contribution is 0.404. The third-order valence-corrected chi connectivity index (χ3v) is 5.74. The summed E-state index contributed by atoms with van der Waals surface area (Å²) in [6.45, 7) is 0. The molecule has 0 saturated heterocycles. The molecule has 0 atom stereocenters. The summed E-state index contributed by atoms with van der Waals surface area (Å²) in [6, 6.07) is 10.0. The van der Waals surface area contributed by atoms with E-state index < -0.39 is 15.8 Å². The Morgan fingerprint density at radius 2 is 1.92 bits per heavy atom. The van der Waals surface area contributed by atoms with Gasteiger partial charge in [0.2, 0.25) is 0 Å². The lowest BCUT2D eigenvalue weighted by Crippen LogP contribution is -2.12. The van der Waals surface area contributed by atoms with Crippen molar-refractivity contribution in [3.8, 4) is 22.8 Å². The molecule has 1 N–H and O–H groups in total. The first-order valence-electron chi connectivity index (χ1n) is 7.39. The molecule has 9 heteroatoms. The molecule has 0 aliphatic heterocycles. The van der Waals surface area contributed by atoms with Gasteiger partial charge in [-0.3, -0.25) is 4.72 Å². The van der Waals surface area contributed by atoms with Crippen LogP contribution in [0.1, 0.15) is 0 Å². The van der Waals surface area contributed by atoms with Gasteiger partial charge in [-0.25, -0.2) is 17.8 Å². The normalized spacial score (nSPS) is 11.2. The molecule has 6 nitrogen and oxygen atoms in total. The molecule has 2 aromatic carbocycles. The molecule has 0 aliphatic rings. The van der Waals surface area contributed by atoms with Gasteiger partial charge >= 0.3 is 0 Å². The molecule has 0 aliphatic carbocycles. The molecule has 3 rings (SSSR count). The third-order valence-electron chi connectivity index (χ3n) is 3.51. The highest BCUT2D eigenvalue weighted by Gasteiger charge is 2.18. The van der Waals surface area contributed by atoms with Crippen LogP contribution in [0.15, 0.2) is 52.7 Å². The van der Waals surface area contributed by atoms with Crippen molar-refractivity contribution in [2.45, 2.75) is 4.90 Å². The van der Waals surface area contributed by atoms with Crippen molar-refractivity contribution >= 4 is 26.5 Å². The number of ether oxygens (including phenoxy) is 2. The van der Waals surface area contributed by atoms with Gasteiger partial charge in [0, 0.05) is 10.9 Å². The molecule has 0 fully saturated rings. The Morgan fingerprint density at radius 3 is 2.62 bits per heavy atom. The smallest absolute Gasteiger partial charge is 0.263 e. The van der Waals surface area contributed by atoms with Gasteiger partial charge in [-0.05, 0) is 36.4 Å². The zero-order valence-electron chi connectivity index (χ0n) is 13.9. The Hall–Kier alpha value is -2.65. The van der Waals surface area contributed by atoms with E-state index in [4.69, 9.17) is 9.47 Å². The van der Waals surface area contributed by atoms with Crippen LogP contribution in [0.2, 0.25) is 0 Å². The summed E-state index contributed by atoms with van der Waals surface area (Å²) in [6.07, 6.45) is 0. The predicted octanol–water partition coefficient (Wildman–Crippen LogP) is 3.77. The molecular weight excluding hydrogens is 379 g/mol. The third kappa shape index (κ3) is 3.78. The summed E-state index contributed by atoms with van der Waals surface area (Å²) >= 11 is 1.11. The molecule has 0 unspecified atom stereocenters. The number of nitrogens with one attached hydrogen (secondary N) is 1. The van der Waals surface area contributed by atoms with Crippen molar-refractivity contribution in [2.75, 3.05) is 18.9 Å². The van der Waals surface area contributed by atoms with Crippen LogP contribution in [0.4, 0.5) is 9.52 Å². The first kappa shape index (κ1) is 18.2. The zero-order valence-corrected chi connectivity index (χ0v) is 15.5. The Balaban J connectivity index is 1.91. The van der Waals surface area contributed by atoms with Crippen LogP contribution >= 0.6 is 11.3 Å². The fourth-order valence-corrected chi connectivity index (χ4v) is 4.26. The number of benzene rings is 2. The second-order valence-electron chi connectivity index (χ2n) is 5.17. The number of halogens is 1. The Morgan fingerprint density at radius 1 is 1.12 bits per heavy atom. The molecule has 1 aromatic heterocycles. The van der Waals surface area contributed by atoms with Gasteiger partial charge in [-0.1, -0.05) is 6.07 Å². The van der Waals surface area contributed by atoms with Gasteiger partial charge in [0.25, 0.3) is 10.0 Å². The number of hydrogen-bond acceptors (Lipinski definition) is 6. The lowest BCUT2D eigenvalue weighted by Gasteiger charge is -2.08. The van der Waals surface area contributed by atoms with E-state index >= 15 is 0 Å². The average molecular weight is 394 g/mol. The second-order valence-corrected chi connectivity index (χ2v) is 7.71. The minimum Gasteiger partial charge on any atom is -0.497 e. The highest BCUT2D eigenvalue weighted by atomic mass is 32.2. The lowest BCUT2D eigenvalue weighted by atomic mass is 10.1. The van der Waals surface area contributed by atoms with Crippen LogP contribution in [-0.4, -0.2) is 27.6 Å². The van der Waals surface area contributed by atoms with Gasteiger partial charge < -0.3 is 9.47 Å². The average Bonchev–Trinajstić information content (AvgIpc) is 3.08. The number of anilines is 1. The maximum atomic E-state index is 13.3. The molecule has 1 heterocycles. The van der Waals surface area contributed by atoms with Gasteiger partial charge in [0.1, 0.15) is 17.3 Å². The monoisotopic (exact) mass is 394 g/mol. The van der Waals surface area contributed by atoms with Crippen molar-refractivity contribution in [2.24, 2.45) is 0 Å². The van der Waals surface area contributed by atoms with Crippen molar-refractivity contribution in [1.82, 2.24) is 4.98 Å². The van der Waals surface area contributed by atoms with Crippen LogP contribution in [0.3, 0.4) is 0 Å². The minimum absolute atomic E-state index is 0.161. The number of thiazole rings is 1. The molecule has 0 bridgehead atoms. The van der Waals surface area contributed by atoms with Crippen molar-refractivity contribution < 1.29 is 22.3 Å². The summed E-state index contributed by atoms with van der Waals surface area (Å²) in [5, 5.41) is 1.86. The number of methoxy groups -OCH3 is 2. The van der Waals surface area contributed by atoms with E-state index in [0.717, 1.165) is 17.4 Å². The van der Waals surface area contributed by atoms with Gasteiger partial charge in [0.05, 0.1) is 24.8 Å². The molecule has 0 spiro atoms. The molecule has 0 amide bonds. The summed E-state index contributed by atoms with van der Waals surface area (Å²) in [5.41, 5.74) is 1.20. The Bertz CT molecular complexity index is 1030. The van der Waals surface area contributed by atoms with Crippen molar-refractivity contribution in [1.29, 1.82) is 0 Å². The number of rotatable bonds is 6. The molecule has 26 heavy (non-hydrogen) atoms. The highest BCUT2D eigenvalue weighted by molar-refractivity contribution is 7.93. The number of sulfonamides is 1. The van der Waals surface area contributed by atoms with Crippen LogP contribution in [0.5, 0.6) is 11.5 Å². The summed E-state index contributed by atoms with van der Waals surface area (Å²) in [7, 11) is -0.851. The highest BCUT2D eigenvalue weighted by Crippen LogP contribution is 2.35. The first-order valence-corrected chi connectivity index (χ1v) is 9.75. The Labute approximate surface area is 154 Å². The largest absolute Gasteiger partial charge is 0.497 e. The van der Waals surface area contributed by atoms with Crippen molar-refractivity contribution in [3.63, 3.8) is 0 Å². The fourth-order valence-electron chi connectivity index (χ4n) is 2.27. The van der Waals surface area contributed by atoms with E-state index in [1.54, 1.807) is 30.7 Å². The van der Waals surface area contributed by atoms with Crippen molar-refractivity contribution in [3.05, 3.63) is 53.7 Å². The standard InChI is InChI=1S/C17H15FN2O4S2/c1-23-12-6-7-16(24-2)14(9-12)15-10-25-17(19-15)20-26(21,22)13-5-3-4-11(18)8-13/h3-10H,1-2H3,(H,19,20). The van der Waals surface area contributed by atoms with Crippen LogP contribution in [-0.2, 0) is 10.0 Å². The van der Waals surface area contributed by atoms with Crippen LogP contribution in [0, 0.1) is 5.82 Å². The quantitative estimate of drug-likeness (QED) is 0.689. The first-order chi connectivity index (χ1) is 12.4. The summed E-state index contributed by atoms with van der Waals surface area (Å²) in [4.78, 5) is 4.12. The van der Waals surface area contributed by atoms with E-state index in [-0.39, 0.29) is 10.0 Å². The van der Waals surface area contributed by atoms with Gasteiger partial charge in [-0.15, -0.1) is 11.3 Å².